The summed E-state index contributed by atoms with van der Waals surface area (Å²) in [5.74, 6) is 2.18. The fraction of sp³-hybridized carbons (Fsp3) is 1.00. The number of nitrogens with zero attached hydrogens (tertiary/aromatic N) is 1. The summed E-state index contributed by atoms with van der Waals surface area (Å²) < 4.78 is 0. The molecule has 0 saturated carbocycles. The first-order chi connectivity index (χ1) is 8.27. The number of nitrogens with one attached hydrogen (secondary N) is 1. The van der Waals surface area contributed by atoms with Gasteiger partial charge in [-0.25, -0.2) is 0 Å². The average Bonchev–Trinajstić information content (AvgIpc) is 2.79. The molecule has 2 saturated heterocycles. The third kappa shape index (κ3) is 4.15. The molecule has 0 bridgehead atoms. The first-order valence-electron chi connectivity index (χ1n) is 7.33. The molecule has 1 N–H and O–H groups in total. The van der Waals surface area contributed by atoms with Gasteiger partial charge in [0.15, 0.2) is 0 Å². The van der Waals surface area contributed by atoms with Crippen LogP contribution in [0.1, 0.15) is 39.5 Å². The molecule has 2 rings (SSSR count). The van der Waals surface area contributed by atoms with Gasteiger partial charge in [-0.3, -0.25) is 4.90 Å². The van der Waals surface area contributed by atoms with Crippen LogP contribution in [0.5, 0.6) is 0 Å². The maximum atomic E-state index is 3.44. The lowest BCUT2D eigenvalue weighted by Gasteiger charge is -2.28. The Balaban J connectivity index is 1.63. The smallest absolute Gasteiger partial charge is 0.0119 e. The molecule has 2 aliphatic heterocycles. The van der Waals surface area contributed by atoms with Crippen molar-refractivity contribution in [1.29, 1.82) is 0 Å². The highest BCUT2D eigenvalue weighted by Crippen LogP contribution is 2.25. The number of hydrogen-bond donors (Lipinski definition) is 1. The van der Waals surface area contributed by atoms with Gasteiger partial charge in [0.1, 0.15) is 0 Å². The van der Waals surface area contributed by atoms with E-state index in [1.165, 1.54) is 57.6 Å². The van der Waals surface area contributed by atoms with Crippen molar-refractivity contribution in [1.82, 2.24) is 10.2 Å². The number of thioether (sulfide) groups is 1. The third-order valence-electron chi connectivity index (χ3n) is 4.20. The van der Waals surface area contributed by atoms with Crippen molar-refractivity contribution in [3.63, 3.8) is 0 Å². The Morgan fingerprint density at radius 1 is 1.24 bits per heavy atom. The van der Waals surface area contributed by atoms with Crippen LogP contribution in [0.2, 0.25) is 0 Å². The lowest BCUT2D eigenvalue weighted by atomic mass is 10.0. The number of piperidine rings is 1. The summed E-state index contributed by atoms with van der Waals surface area (Å²) in [4.78, 5) is 2.73. The second kappa shape index (κ2) is 7.01. The molecule has 0 amide bonds. The van der Waals surface area contributed by atoms with E-state index in [9.17, 15) is 0 Å². The van der Waals surface area contributed by atoms with E-state index in [1.807, 2.05) is 0 Å². The summed E-state index contributed by atoms with van der Waals surface area (Å²) in [5, 5.41) is 4.37. The van der Waals surface area contributed by atoms with Crippen LogP contribution in [0.3, 0.4) is 0 Å². The molecule has 2 nitrogen and oxygen atoms in total. The van der Waals surface area contributed by atoms with Gasteiger partial charge in [0.2, 0.25) is 0 Å². The van der Waals surface area contributed by atoms with E-state index in [4.69, 9.17) is 0 Å². The highest BCUT2D eigenvalue weighted by Gasteiger charge is 2.26. The molecule has 2 aliphatic rings. The molecule has 0 aromatic heterocycles. The topological polar surface area (TPSA) is 15.3 Å². The Hall–Kier alpha value is 0.270. The van der Waals surface area contributed by atoms with E-state index < -0.39 is 0 Å². The van der Waals surface area contributed by atoms with Gasteiger partial charge >= 0.3 is 0 Å². The average molecular weight is 256 g/mol. The lowest BCUT2D eigenvalue weighted by molar-refractivity contribution is 0.218. The van der Waals surface area contributed by atoms with Gasteiger partial charge in [0, 0.05) is 23.6 Å². The maximum Gasteiger partial charge on any atom is 0.0119 e. The molecule has 0 aromatic rings. The van der Waals surface area contributed by atoms with E-state index in [1.54, 1.807) is 0 Å². The van der Waals surface area contributed by atoms with Gasteiger partial charge in [-0.15, -0.1) is 0 Å². The van der Waals surface area contributed by atoms with E-state index in [0.717, 1.165) is 17.2 Å². The van der Waals surface area contributed by atoms with Crippen LogP contribution in [0.15, 0.2) is 0 Å². The van der Waals surface area contributed by atoms with Crippen LogP contribution in [-0.2, 0) is 0 Å². The highest BCUT2D eigenvalue weighted by atomic mass is 32.2. The van der Waals surface area contributed by atoms with E-state index in [-0.39, 0.29) is 0 Å². The van der Waals surface area contributed by atoms with Crippen molar-refractivity contribution in [2.24, 2.45) is 5.92 Å². The van der Waals surface area contributed by atoms with E-state index in [0.29, 0.717) is 0 Å². The predicted molar refractivity (Wildman–Crippen MR) is 77.8 cm³/mol. The molecule has 3 heteroatoms. The van der Waals surface area contributed by atoms with Crippen LogP contribution in [0.4, 0.5) is 0 Å². The Labute approximate surface area is 111 Å². The Morgan fingerprint density at radius 3 is 2.71 bits per heavy atom. The highest BCUT2D eigenvalue weighted by molar-refractivity contribution is 7.99. The molecule has 2 fully saturated rings. The van der Waals surface area contributed by atoms with Crippen LogP contribution in [-0.4, -0.2) is 48.1 Å². The fourth-order valence-corrected chi connectivity index (χ4v) is 4.43. The first kappa shape index (κ1) is 13.7. The lowest BCUT2D eigenvalue weighted by Crippen LogP contribution is -2.35. The molecule has 17 heavy (non-hydrogen) atoms. The Bertz CT molecular complexity index is 214. The summed E-state index contributed by atoms with van der Waals surface area (Å²) >= 11 is 2.22. The van der Waals surface area contributed by atoms with Gasteiger partial charge in [-0.1, -0.05) is 13.8 Å². The van der Waals surface area contributed by atoms with Gasteiger partial charge in [-0.2, -0.15) is 11.8 Å². The molecule has 1 atom stereocenters. The molecule has 2 heterocycles. The Kier molecular flexibility index (Phi) is 5.64. The minimum atomic E-state index is 0.835. The Morgan fingerprint density at radius 2 is 2.00 bits per heavy atom. The second-order valence-electron chi connectivity index (χ2n) is 5.81. The molecule has 0 spiro atoms. The second-order valence-corrected chi connectivity index (χ2v) is 7.22. The zero-order valence-electron chi connectivity index (χ0n) is 11.5. The largest absolute Gasteiger partial charge is 0.317 e. The van der Waals surface area contributed by atoms with Crippen molar-refractivity contribution in [2.45, 2.75) is 50.8 Å². The monoisotopic (exact) mass is 256 g/mol. The normalized spacial score (nSPS) is 28.1. The molecular formula is C14H28N2S. The van der Waals surface area contributed by atoms with Gasteiger partial charge in [-0.05, 0) is 51.2 Å². The van der Waals surface area contributed by atoms with Crippen molar-refractivity contribution in [3.8, 4) is 0 Å². The third-order valence-corrected chi connectivity index (χ3v) is 5.56. The number of hydrogen-bond acceptors (Lipinski definition) is 3. The van der Waals surface area contributed by atoms with Gasteiger partial charge in [0.25, 0.3) is 0 Å². The zero-order chi connectivity index (χ0) is 12.1. The van der Waals surface area contributed by atoms with E-state index >= 15 is 0 Å². The SMILES string of the molecule is CC(C)C1CCCN1CCSC1CCNCC1. The molecule has 100 valence electrons. The zero-order valence-corrected chi connectivity index (χ0v) is 12.3. The predicted octanol–water partition coefficient (Wildman–Crippen LogP) is 2.59. The maximum absolute atomic E-state index is 3.44. The quantitative estimate of drug-likeness (QED) is 0.814. The molecular weight excluding hydrogens is 228 g/mol. The van der Waals surface area contributed by atoms with Gasteiger partial charge < -0.3 is 5.32 Å². The summed E-state index contributed by atoms with van der Waals surface area (Å²) in [5.41, 5.74) is 0. The number of rotatable bonds is 5. The molecule has 0 aliphatic carbocycles. The van der Waals surface area contributed by atoms with Crippen LogP contribution in [0, 0.1) is 5.92 Å². The molecule has 0 radical (unpaired) electrons. The summed E-state index contributed by atoms with van der Waals surface area (Å²) in [7, 11) is 0. The number of likely N-dealkylation sites (tertiary alicyclic amines) is 1. The minimum absolute atomic E-state index is 0.835. The van der Waals surface area contributed by atoms with E-state index in [2.05, 4.69) is 35.8 Å². The van der Waals surface area contributed by atoms with Crippen LogP contribution in [0.25, 0.3) is 0 Å². The molecule has 1 unspecified atom stereocenters. The van der Waals surface area contributed by atoms with Gasteiger partial charge in [0.05, 0.1) is 0 Å². The van der Waals surface area contributed by atoms with Crippen molar-refractivity contribution in [2.75, 3.05) is 31.9 Å². The van der Waals surface area contributed by atoms with Crippen molar-refractivity contribution in [3.05, 3.63) is 0 Å². The minimum Gasteiger partial charge on any atom is -0.317 e. The summed E-state index contributed by atoms with van der Waals surface area (Å²) in [6.45, 7) is 9.88. The van der Waals surface area contributed by atoms with Crippen molar-refractivity contribution >= 4 is 11.8 Å². The first-order valence-corrected chi connectivity index (χ1v) is 8.38. The fourth-order valence-electron chi connectivity index (χ4n) is 3.18. The summed E-state index contributed by atoms with van der Waals surface area (Å²) in [6.07, 6.45) is 5.59. The van der Waals surface area contributed by atoms with Crippen LogP contribution >= 0.6 is 11.8 Å². The molecule has 0 aromatic carbocycles. The standard InChI is InChI=1S/C14H28N2S/c1-12(2)14-4-3-9-16(14)10-11-17-13-5-7-15-8-6-13/h12-15H,3-11H2,1-2H3. The van der Waals surface area contributed by atoms with Crippen LogP contribution < -0.4 is 5.32 Å². The summed E-state index contributed by atoms with van der Waals surface area (Å²) in [6, 6.07) is 0.864. The van der Waals surface area contributed by atoms with Crippen molar-refractivity contribution < 1.29 is 0 Å².